The molecule has 25 heavy (non-hydrogen) atoms. The maximum Gasteiger partial charge on any atom is 0.240 e. The summed E-state index contributed by atoms with van der Waals surface area (Å²) >= 11 is 11.8. The van der Waals surface area contributed by atoms with Crippen molar-refractivity contribution >= 4 is 44.8 Å². The first-order valence-corrected chi connectivity index (χ1v) is 9.44. The molecule has 1 amide bonds. The third kappa shape index (κ3) is 5.61. The van der Waals surface area contributed by atoms with Gasteiger partial charge in [-0.3, -0.25) is 4.79 Å². The van der Waals surface area contributed by atoms with E-state index in [0.29, 0.717) is 21.5 Å². The third-order valence-corrected chi connectivity index (χ3v) is 5.18. The van der Waals surface area contributed by atoms with E-state index in [1.807, 2.05) is 0 Å². The first kappa shape index (κ1) is 19.5. The van der Waals surface area contributed by atoms with Gasteiger partial charge in [-0.1, -0.05) is 29.3 Å². The molecule has 0 bridgehead atoms. The summed E-state index contributed by atoms with van der Waals surface area (Å²) in [7, 11) is -2.23. The molecule has 0 fully saturated rings. The van der Waals surface area contributed by atoms with Crippen LogP contribution in [0.4, 0.5) is 5.69 Å². The van der Waals surface area contributed by atoms with Crippen molar-refractivity contribution in [1.82, 2.24) is 4.72 Å². The number of sulfonamides is 1. The molecule has 0 aliphatic rings. The van der Waals surface area contributed by atoms with Crippen LogP contribution in [0.25, 0.3) is 0 Å². The molecule has 0 aliphatic carbocycles. The van der Waals surface area contributed by atoms with Gasteiger partial charge in [0.2, 0.25) is 15.9 Å². The quantitative estimate of drug-likeness (QED) is 0.743. The summed E-state index contributed by atoms with van der Waals surface area (Å²) in [4.78, 5) is 12.0. The smallest absolute Gasteiger partial charge is 0.240 e. The molecule has 0 saturated heterocycles. The number of hydrogen-bond donors (Lipinski definition) is 2. The van der Waals surface area contributed by atoms with Crippen molar-refractivity contribution < 1.29 is 17.9 Å². The Hall–Kier alpha value is -1.80. The van der Waals surface area contributed by atoms with Gasteiger partial charge < -0.3 is 10.1 Å². The number of methoxy groups -OCH3 is 1. The van der Waals surface area contributed by atoms with Crippen LogP contribution < -0.4 is 14.8 Å². The first-order valence-electron chi connectivity index (χ1n) is 7.20. The standard InChI is InChI=1S/C16H16Cl2N2O4S/c1-24-15-6-5-12(10-14(15)18)20-16(21)7-8-19-25(22,23)13-4-2-3-11(17)9-13/h2-6,9-10,19H,7-8H2,1H3,(H,20,21). The highest BCUT2D eigenvalue weighted by molar-refractivity contribution is 7.89. The van der Waals surface area contributed by atoms with Crippen LogP contribution in [0.3, 0.4) is 0 Å². The number of hydrogen-bond acceptors (Lipinski definition) is 4. The van der Waals surface area contributed by atoms with Crippen molar-refractivity contribution in [2.24, 2.45) is 0 Å². The molecule has 0 heterocycles. The molecular formula is C16H16Cl2N2O4S. The van der Waals surface area contributed by atoms with E-state index < -0.39 is 10.0 Å². The Labute approximate surface area is 156 Å². The van der Waals surface area contributed by atoms with Crippen LogP contribution in [-0.4, -0.2) is 28.0 Å². The molecule has 0 unspecified atom stereocenters. The summed E-state index contributed by atoms with van der Waals surface area (Å²) in [5, 5.41) is 3.31. The van der Waals surface area contributed by atoms with Gasteiger partial charge in [0.05, 0.1) is 17.0 Å². The maximum atomic E-state index is 12.1. The molecule has 0 atom stereocenters. The van der Waals surface area contributed by atoms with Crippen LogP contribution in [0.5, 0.6) is 5.75 Å². The van der Waals surface area contributed by atoms with Crippen molar-refractivity contribution in [2.75, 3.05) is 19.0 Å². The summed E-state index contributed by atoms with van der Waals surface area (Å²) in [6.07, 6.45) is -0.0383. The Morgan fingerprint density at radius 3 is 2.56 bits per heavy atom. The molecule has 2 aromatic rings. The van der Waals surface area contributed by atoms with Gasteiger partial charge in [-0.15, -0.1) is 0 Å². The number of carbonyl (C=O) groups is 1. The minimum atomic E-state index is -3.72. The van der Waals surface area contributed by atoms with Crippen molar-refractivity contribution in [3.05, 3.63) is 52.5 Å². The van der Waals surface area contributed by atoms with E-state index in [0.717, 1.165) is 0 Å². The van der Waals surface area contributed by atoms with Gasteiger partial charge in [0.25, 0.3) is 0 Å². The summed E-state index contributed by atoms with van der Waals surface area (Å²) in [5.74, 6) is 0.143. The zero-order valence-corrected chi connectivity index (χ0v) is 15.6. The summed E-state index contributed by atoms with van der Waals surface area (Å²) < 4.78 is 31.6. The van der Waals surface area contributed by atoms with Gasteiger partial charge in [0.1, 0.15) is 5.75 Å². The number of anilines is 1. The third-order valence-electron chi connectivity index (χ3n) is 3.19. The van der Waals surface area contributed by atoms with E-state index in [4.69, 9.17) is 27.9 Å². The number of ether oxygens (including phenoxy) is 1. The Kier molecular flexibility index (Phi) is 6.66. The minimum Gasteiger partial charge on any atom is -0.495 e. The predicted octanol–water partition coefficient (Wildman–Crippen LogP) is 3.31. The van der Waals surface area contributed by atoms with E-state index in [2.05, 4.69) is 10.0 Å². The van der Waals surface area contributed by atoms with Crippen LogP contribution in [0.15, 0.2) is 47.4 Å². The number of rotatable bonds is 7. The molecule has 0 aromatic heterocycles. The lowest BCUT2D eigenvalue weighted by Gasteiger charge is -2.09. The van der Waals surface area contributed by atoms with E-state index in [1.54, 1.807) is 24.3 Å². The molecule has 134 valence electrons. The second-order valence-electron chi connectivity index (χ2n) is 5.00. The predicted molar refractivity (Wildman–Crippen MR) is 97.9 cm³/mol. The fraction of sp³-hybridized carbons (Fsp3) is 0.188. The molecule has 9 heteroatoms. The molecule has 2 rings (SSSR count). The van der Waals surface area contributed by atoms with Gasteiger partial charge in [-0.25, -0.2) is 13.1 Å². The molecule has 0 spiro atoms. The van der Waals surface area contributed by atoms with Crippen molar-refractivity contribution in [2.45, 2.75) is 11.3 Å². The van der Waals surface area contributed by atoms with E-state index in [1.165, 1.54) is 25.3 Å². The Bertz CT molecular complexity index is 872. The van der Waals surface area contributed by atoms with E-state index in [9.17, 15) is 13.2 Å². The summed E-state index contributed by atoms with van der Waals surface area (Å²) in [6, 6.07) is 10.7. The van der Waals surface area contributed by atoms with Gasteiger partial charge >= 0.3 is 0 Å². The van der Waals surface area contributed by atoms with Crippen LogP contribution in [0.2, 0.25) is 10.0 Å². The lowest BCUT2D eigenvalue weighted by molar-refractivity contribution is -0.116. The molecule has 0 aliphatic heterocycles. The monoisotopic (exact) mass is 402 g/mol. The molecule has 2 N–H and O–H groups in total. The molecule has 0 saturated carbocycles. The SMILES string of the molecule is COc1ccc(NC(=O)CCNS(=O)(=O)c2cccc(Cl)c2)cc1Cl. The lowest BCUT2D eigenvalue weighted by atomic mass is 10.3. The maximum absolute atomic E-state index is 12.1. The molecule has 0 radical (unpaired) electrons. The summed E-state index contributed by atoms with van der Waals surface area (Å²) in [6.45, 7) is -0.0510. The number of amides is 1. The van der Waals surface area contributed by atoms with Crippen molar-refractivity contribution in [1.29, 1.82) is 0 Å². The van der Waals surface area contributed by atoms with Crippen LogP contribution >= 0.6 is 23.2 Å². The Balaban J connectivity index is 1.89. The Morgan fingerprint density at radius 1 is 1.16 bits per heavy atom. The highest BCUT2D eigenvalue weighted by Gasteiger charge is 2.14. The molecule has 6 nitrogen and oxygen atoms in total. The van der Waals surface area contributed by atoms with Crippen molar-refractivity contribution in [3.8, 4) is 5.75 Å². The van der Waals surface area contributed by atoms with Gasteiger partial charge in [-0.05, 0) is 36.4 Å². The van der Waals surface area contributed by atoms with E-state index in [-0.39, 0.29) is 23.8 Å². The van der Waals surface area contributed by atoms with Crippen LogP contribution in [0, 0.1) is 0 Å². The number of halogens is 2. The zero-order valence-electron chi connectivity index (χ0n) is 13.3. The fourth-order valence-corrected chi connectivity index (χ4v) is 3.57. The topological polar surface area (TPSA) is 84.5 Å². The summed E-state index contributed by atoms with van der Waals surface area (Å²) in [5.41, 5.74) is 0.494. The fourth-order valence-electron chi connectivity index (χ4n) is 1.98. The average Bonchev–Trinajstić information content (AvgIpc) is 2.55. The largest absolute Gasteiger partial charge is 0.495 e. The number of nitrogens with one attached hydrogen (secondary N) is 2. The molecular weight excluding hydrogens is 387 g/mol. The molecule has 2 aromatic carbocycles. The van der Waals surface area contributed by atoms with Gasteiger partial charge in [-0.2, -0.15) is 0 Å². The van der Waals surface area contributed by atoms with Gasteiger partial charge in [0, 0.05) is 23.7 Å². The Morgan fingerprint density at radius 2 is 1.92 bits per heavy atom. The lowest BCUT2D eigenvalue weighted by Crippen LogP contribution is -2.27. The zero-order chi connectivity index (χ0) is 18.4. The number of benzene rings is 2. The van der Waals surface area contributed by atoms with Crippen molar-refractivity contribution in [3.63, 3.8) is 0 Å². The van der Waals surface area contributed by atoms with Crippen LogP contribution in [-0.2, 0) is 14.8 Å². The average molecular weight is 403 g/mol. The van der Waals surface area contributed by atoms with E-state index >= 15 is 0 Å². The normalized spacial score (nSPS) is 11.2. The first-order chi connectivity index (χ1) is 11.8. The van der Waals surface area contributed by atoms with Crippen LogP contribution in [0.1, 0.15) is 6.42 Å². The highest BCUT2D eigenvalue weighted by Crippen LogP contribution is 2.27. The second-order valence-corrected chi connectivity index (χ2v) is 7.61. The second kappa shape index (κ2) is 8.53. The minimum absolute atomic E-state index is 0.0383. The van der Waals surface area contributed by atoms with Gasteiger partial charge in [0.15, 0.2) is 0 Å². The number of carbonyl (C=O) groups excluding carboxylic acids is 1. The highest BCUT2D eigenvalue weighted by atomic mass is 35.5.